The van der Waals surface area contributed by atoms with Crippen LogP contribution >= 0.6 is 11.3 Å². The minimum atomic E-state index is 0.111. The highest BCUT2D eigenvalue weighted by atomic mass is 32.1. The lowest BCUT2D eigenvalue weighted by Gasteiger charge is -1.91. The van der Waals surface area contributed by atoms with Crippen molar-refractivity contribution in [2.24, 2.45) is 0 Å². The van der Waals surface area contributed by atoms with E-state index in [4.69, 9.17) is 0 Å². The monoisotopic (exact) mass is 175 g/mol. The second-order valence-corrected chi connectivity index (χ2v) is 3.65. The van der Waals surface area contributed by atoms with E-state index in [9.17, 15) is 4.79 Å². The number of aromatic nitrogens is 1. The first-order chi connectivity index (χ1) is 5.88. The predicted octanol–water partition coefficient (Wildman–Crippen LogP) is 2.22. The van der Waals surface area contributed by atoms with E-state index < -0.39 is 0 Å². The molecule has 0 saturated carbocycles. The predicted molar refractivity (Wildman–Crippen MR) is 47.5 cm³/mol. The quantitative estimate of drug-likeness (QED) is 0.513. The normalized spacial score (nSPS) is 13.2. The van der Waals surface area contributed by atoms with Gasteiger partial charge in [0.25, 0.3) is 5.91 Å². The molecule has 0 spiro atoms. The Bertz CT molecular complexity index is 424. The van der Waals surface area contributed by atoms with Gasteiger partial charge in [-0.05, 0) is 23.6 Å². The van der Waals surface area contributed by atoms with Crippen LogP contribution in [0.1, 0.15) is 9.67 Å². The van der Waals surface area contributed by atoms with Crippen LogP contribution in [-0.4, -0.2) is 10.5 Å². The van der Waals surface area contributed by atoms with Gasteiger partial charge < -0.3 is 0 Å². The molecule has 2 aromatic rings. The van der Waals surface area contributed by atoms with Gasteiger partial charge in [-0.2, -0.15) is 0 Å². The molecule has 2 nitrogen and oxygen atoms in total. The van der Waals surface area contributed by atoms with Gasteiger partial charge in [-0.15, -0.1) is 11.3 Å². The van der Waals surface area contributed by atoms with Crippen molar-refractivity contribution in [2.45, 2.75) is 0 Å². The molecule has 2 aromatic heterocycles. The van der Waals surface area contributed by atoms with Crippen molar-refractivity contribution >= 4 is 17.2 Å². The summed E-state index contributed by atoms with van der Waals surface area (Å²) in [5.41, 5.74) is 2.10. The molecule has 0 unspecified atom stereocenters. The van der Waals surface area contributed by atoms with E-state index in [2.05, 4.69) is 0 Å². The van der Waals surface area contributed by atoms with Crippen LogP contribution in [-0.2, 0) is 0 Å². The molecule has 1 aliphatic heterocycles. The average Bonchev–Trinajstić information content (AvgIpc) is 2.72. The highest BCUT2D eigenvalue weighted by molar-refractivity contribution is 7.12. The Morgan fingerprint density at radius 1 is 1.33 bits per heavy atom. The van der Waals surface area contributed by atoms with Crippen LogP contribution in [0, 0.1) is 0 Å². The third-order valence-electron chi connectivity index (χ3n) is 2.10. The van der Waals surface area contributed by atoms with Crippen LogP contribution in [0.15, 0.2) is 29.8 Å². The summed E-state index contributed by atoms with van der Waals surface area (Å²) in [6.45, 7) is 0. The standard InChI is InChI=1S/C9H5NOS/c11-9-8-6(3-5-12-8)7-2-1-4-10(7)9/h1-5H. The maximum Gasteiger partial charge on any atom is 0.273 e. The Hall–Kier alpha value is -1.35. The van der Waals surface area contributed by atoms with E-state index in [1.54, 1.807) is 4.57 Å². The molecule has 3 rings (SSSR count). The average molecular weight is 175 g/mol. The lowest BCUT2D eigenvalue weighted by Crippen LogP contribution is -2.02. The number of carbonyl (C=O) groups is 1. The third kappa shape index (κ3) is 0.539. The van der Waals surface area contributed by atoms with Crippen molar-refractivity contribution in [3.8, 4) is 11.3 Å². The zero-order valence-electron chi connectivity index (χ0n) is 6.15. The summed E-state index contributed by atoms with van der Waals surface area (Å²) in [4.78, 5) is 12.4. The Morgan fingerprint density at radius 2 is 2.25 bits per heavy atom. The molecule has 0 amide bonds. The molecule has 0 fully saturated rings. The fraction of sp³-hybridized carbons (Fsp3) is 0. The molecule has 0 N–H and O–H groups in total. The largest absolute Gasteiger partial charge is 0.282 e. The summed E-state index contributed by atoms with van der Waals surface area (Å²) in [5.74, 6) is 0.111. The van der Waals surface area contributed by atoms with E-state index in [-0.39, 0.29) is 5.91 Å². The highest BCUT2D eigenvalue weighted by Crippen LogP contribution is 2.35. The van der Waals surface area contributed by atoms with Crippen LogP contribution in [0.4, 0.5) is 0 Å². The molecule has 12 heavy (non-hydrogen) atoms. The number of carbonyl (C=O) groups excluding carboxylic acids is 1. The van der Waals surface area contributed by atoms with Gasteiger partial charge in [0.1, 0.15) is 4.88 Å². The number of fused-ring (bicyclic) bond motifs is 3. The number of hydrogen-bond acceptors (Lipinski definition) is 2. The van der Waals surface area contributed by atoms with Crippen molar-refractivity contribution in [3.05, 3.63) is 34.7 Å². The maximum atomic E-state index is 11.6. The van der Waals surface area contributed by atoms with Gasteiger partial charge >= 0.3 is 0 Å². The highest BCUT2D eigenvalue weighted by Gasteiger charge is 2.26. The van der Waals surface area contributed by atoms with E-state index >= 15 is 0 Å². The van der Waals surface area contributed by atoms with Crippen LogP contribution < -0.4 is 0 Å². The van der Waals surface area contributed by atoms with Crippen LogP contribution in [0.2, 0.25) is 0 Å². The minimum absolute atomic E-state index is 0.111. The van der Waals surface area contributed by atoms with E-state index in [0.29, 0.717) is 0 Å². The molecule has 3 heteroatoms. The van der Waals surface area contributed by atoms with E-state index in [1.807, 2.05) is 29.8 Å². The summed E-state index contributed by atoms with van der Waals surface area (Å²) in [5, 5.41) is 1.96. The maximum absolute atomic E-state index is 11.6. The molecule has 0 radical (unpaired) electrons. The van der Waals surface area contributed by atoms with Crippen LogP contribution in [0.3, 0.4) is 0 Å². The second kappa shape index (κ2) is 1.87. The fourth-order valence-corrected chi connectivity index (χ4v) is 2.40. The molecule has 0 bridgehead atoms. The van der Waals surface area contributed by atoms with Gasteiger partial charge in [0, 0.05) is 11.8 Å². The van der Waals surface area contributed by atoms with Crippen molar-refractivity contribution < 1.29 is 4.79 Å². The van der Waals surface area contributed by atoms with Gasteiger partial charge in [0.2, 0.25) is 0 Å². The lowest BCUT2D eigenvalue weighted by atomic mass is 10.2. The molecule has 3 heterocycles. The lowest BCUT2D eigenvalue weighted by molar-refractivity contribution is 0.0973. The number of nitrogens with zero attached hydrogens (tertiary/aromatic N) is 1. The first kappa shape index (κ1) is 6.20. The number of hydrogen-bond donors (Lipinski definition) is 0. The smallest absolute Gasteiger partial charge is 0.273 e. The molecule has 58 valence electrons. The van der Waals surface area contributed by atoms with Gasteiger partial charge in [0.15, 0.2) is 0 Å². The third-order valence-corrected chi connectivity index (χ3v) is 3.01. The minimum Gasteiger partial charge on any atom is -0.282 e. The van der Waals surface area contributed by atoms with E-state index in [1.165, 1.54) is 11.3 Å². The summed E-state index contributed by atoms with van der Waals surface area (Å²) < 4.78 is 1.70. The Morgan fingerprint density at radius 3 is 3.17 bits per heavy atom. The zero-order chi connectivity index (χ0) is 8.13. The molecule has 0 atom stereocenters. The number of thiophene rings is 1. The Kier molecular flexibility index (Phi) is 0.966. The van der Waals surface area contributed by atoms with Crippen molar-refractivity contribution in [2.75, 3.05) is 0 Å². The zero-order valence-corrected chi connectivity index (χ0v) is 6.97. The molecular formula is C9H5NOS. The molecule has 1 aliphatic rings. The summed E-state index contributed by atoms with van der Waals surface area (Å²) >= 11 is 1.51. The van der Waals surface area contributed by atoms with Gasteiger partial charge in [-0.1, -0.05) is 0 Å². The summed E-state index contributed by atoms with van der Waals surface area (Å²) in [6.07, 6.45) is 1.81. The molecule has 0 aromatic carbocycles. The molecule has 0 saturated heterocycles. The topological polar surface area (TPSA) is 22.0 Å². The SMILES string of the molecule is O=C1c2sccc2-c2cccn21. The first-order valence-electron chi connectivity index (χ1n) is 3.68. The van der Waals surface area contributed by atoms with Crippen LogP contribution in [0.5, 0.6) is 0 Å². The van der Waals surface area contributed by atoms with Crippen molar-refractivity contribution in [3.63, 3.8) is 0 Å². The fourth-order valence-electron chi connectivity index (χ4n) is 1.56. The Labute approximate surface area is 73.1 Å². The van der Waals surface area contributed by atoms with E-state index in [0.717, 1.165) is 16.1 Å². The van der Waals surface area contributed by atoms with Gasteiger partial charge in [0.05, 0.1) is 5.69 Å². The molecule has 0 aliphatic carbocycles. The summed E-state index contributed by atoms with van der Waals surface area (Å²) in [6, 6.07) is 5.86. The second-order valence-electron chi connectivity index (χ2n) is 2.73. The van der Waals surface area contributed by atoms with Crippen molar-refractivity contribution in [1.29, 1.82) is 0 Å². The van der Waals surface area contributed by atoms with Gasteiger partial charge in [-0.3, -0.25) is 9.36 Å². The van der Waals surface area contributed by atoms with Crippen LogP contribution in [0.25, 0.3) is 11.3 Å². The van der Waals surface area contributed by atoms with Gasteiger partial charge in [-0.25, -0.2) is 0 Å². The molecular weight excluding hydrogens is 170 g/mol. The van der Waals surface area contributed by atoms with Crippen molar-refractivity contribution in [1.82, 2.24) is 4.57 Å². The first-order valence-corrected chi connectivity index (χ1v) is 4.56. The number of rotatable bonds is 0. The summed E-state index contributed by atoms with van der Waals surface area (Å²) in [7, 11) is 0. The Balaban J connectivity index is 2.47.